The van der Waals surface area contributed by atoms with E-state index in [0.717, 1.165) is 10.5 Å². The number of para-hydroxylation sites is 1. The van der Waals surface area contributed by atoms with E-state index in [9.17, 15) is 19.7 Å². The van der Waals surface area contributed by atoms with Crippen molar-refractivity contribution in [3.05, 3.63) is 74.8 Å². The summed E-state index contributed by atoms with van der Waals surface area (Å²) in [6, 6.07) is 12.7. The molecule has 122 valence electrons. The number of carbonyl (C=O) groups is 2. The van der Waals surface area contributed by atoms with Gasteiger partial charge >= 0.3 is 0 Å². The predicted octanol–water partition coefficient (Wildman–Crippen LogP) is 3.40. The fourth-order valence-corrected chi connectivity index (χ4v) is 2.95. The van der Waals surface area contributed by atoms with Crippen LogP contribution in [-0.4, -0.2) is 28.2 Å². The van der Waals surface area contributed by atoms with Crippen molar-refractivity contribution in [2.24, 2.45) is 0 Å². The van der Waals surface area contributed by atoms with Crippen LogP contribution in [0.2, 0.25) is 5.02 Å². The average Bonchev–Trinajstić information content (AvgIpc) is 2.96. The van der Waals surface area contributed by atoms with Crippen LogP contribution in [-0.2, 0) is 4.79 Å². The Morgan fingerprint density at radius 1 is 1.17 bits per heavy atom. The molecule has 0 saturated carbocycles. The van der Waals surface area contributed by atoms with Gasteiger partial charge in [0.25, 0.3) is 11.6 Å². The second-order valence-electron chi connectivity index (χ2n) is 5.54. The van der Waals surface area contributed by atoms with Gasteiger partial charge in [0.15, 0.2) is 0 Å². The number of imide groups is 1. The maximum absolute atomic E-state index is 12.6. The minimum Gasteiger partial charge on any atom is -0.278 e. The largest absolute Gasteiger partial charge is 0.282 e. The molecule has 3 rings (SSSR count). The SMILES string of the molecule is O=C1C[C@@H](c2ccc(Cl)cc2)CN1C(=O)c1ccccc1[N+](=O)[O-]. The average molecular weight is 345 g/mol. The van der Waals surface area contributed by atoms with Crippen LogP contribution in [0.25, 0.3) is 0 Å². The van der Waals surface area contributed by atoms with Crippen molar-refractivity contribution in [2.45, 2.75) is 12.3 Å². The Balaban J connectivity index is 1.85. The predicted molar refractivity (Wildman–Crippen MR) is 87.9 cm³/mol. The number of nitro groups is 1. The summed E-state index contributed by atoms with van der Waals surface area (Å²) < 4.78 is 0. The monoisotopic (exact) mass is 344 g/mol. The quantitative estimate of drug-likeness (QED) is 0.485. The Bertz CT molecular complexity index is 820. The molecule has 1 aliphatic rings. The highest BCUT2D eigenvalue weighted by Gasteiger charge is 2.37. The molecule has 2 aromatic carbocycles. The van der Waals surface area contributed by atoms with Gasteiger partial charge < -0.3 is 0 Å². The topological polar surface area (TPSA) is 80.5 Å². The van der Waals surface area contributed by atoms with Crippen LogP contribution in [0.4, 0.5) is 5.69 Å². The third-order valence-electron chi connectivity index (χ3n) is 4.04. The zero-order valence-electron chi connectivity index (χ0n) is 12.5. The summed E-state index contributed by atoms with van der Waals surface area (Å²) in [5, 5.41) is 11.7. The third-order valence-corrected chi connectivity index (χ3v) is 4.29. The van der Waals surface area contributed by atoms with Crippen LogP contribution in [0, 0.1) is 10.1 Å². The molecule has 0 radical (unpaired) electrons. The Kier molecular flexibility index (Phi) is 4.31. The molecule has 1 atom stereocenters. The molecular formula is C17H13ClN2O4. The van der Waals surface area contributed by atoms with Gasteiger partial charge in [-0.1, -0.05) is 35.9 Å². The number of benzene rings is 2. The van der Waals surface area contributed by atoms with Gasteiger partial charge in [0, 0.05) is 30.0 Å². The highest BCUT2D eigenvalue weighted by Crippen LogP contribution is 2.31. The third kappa shape index (κ3) is 3.00. The van der Waals surface area contributed by atoms with E-state index in [1.807, 2.05) is 12.1 Å². The number of amides is 2. The van der Waals surface area contributed by atoms with Gasteiger partial charge in [-0.3, -0.25) is 24.6 Å². The summed E-state index contributed by atoms with van der Waals surface area (Å²) in [6.45, 7) is 0.200. The molecule has 0 aromatic heterocycles. The van der Waals surface area contributed by atoms with Crippen LogP contribution in [0.1, 0.15) is 28.3 Å². The van der Waals surface area contributed by atoms with Crippen LogP contribution in [0.15, 0.2) is 48.5 Å². The van der Waals surface area contributed by atoms with E-state index in [4.69, 9.17) is 11.6 Å². The van der Waals surface area contributed by atoms with E-state index in [-0.39, 0.29) is 36.0 Å². The fraction of sp³-hybridized carbons (Fsp3) is 0.176. The summed E-state index contributed by atoms with van der Waals surface area (Å²) in [7, 11) is 0. The molecule has 1 saturated heterocycles. The van der Waals surface area contributed by atoms with Crippen LogP contribution in [0.5, 0.6) is 0 Å². The first-order valence-corrected chi connectivity index (χ1v) is 7.68. The second kappa shape index (κ2) is 6.41. The first-order chi connectivity index (χ1) is 11.5. The first-order valence-electron chi connectivity index (χ1n) is 7.31. The standard InChI is InChI=1S/C17H13ClN2O4/c18-13-7-5-11(6-8-13)12-9-16(21)19(10-12)17(22)14-3-1-2-4-15(14)20(23)24/h1-8,12H,9-10H2/t12-/m1/s1. The van der Waals surface area contributed by atoms with Gasteiger partial charge in [0.05, 0.1) is 4.92 Å². The lowest BCUT2D eigenvalue weighted by molar-refractivity contribution is -0.385. The lowest BCUT2D eigenvalue weighted by Gasteiger charge is -2.15. The molecule has 0 N–H and O–H groups in total. The number of nitro benzene ring substituents is 1. The number of hydrogen-bond donors (Lipinski definition) is 0. The molecule has 0 unspecified atom stereocenters. The number of hydrogen-bond acceptors (Lipinski definition) is 4. The Labute approximate surface area is 142 Å². The lowest BCUT2D eigenvalue weighted by Crippen LogP contribution is -2.32. The van der Waals surface area contributed by atoms with Gasteiger partial charge in [0.1, 0.15) is 5.56 Å². The van der Waals surface area contributed by atoms with E-state index in [1.54, 1.807) is 12.1 Å². The van der Waals surface area contributed by atoms with Crippen molar-refractivity contribution >= 4 is 29.1 Å². The van der Waals surface area contributed by atoms with Crippen molar-refractivity contribution in [3.8, 4) is 0 Å². The highest BCUT2D eigenvalue weighted by atomic mass is 35.5. The number of rotatable bonds is 3. The van der Waals surface area contributed by atoms with E-state index in [2.05, 4.69) is 0 Å². The van der Waals surface area contributed by atoms with E-state index in [0.29, 0.717) is 5.02 Å². The number of carbonyl (C=O) groups excluding carboxylic acids is 2. The van der Waals surface area contributed by atoms with Crippen molar-refractivity contribution in [1.82, 2.24) is 4.90 Å². The molecule has 0 spiro atoms. The molecule has 6 nitrogen and oxygen atoms in total. The second-order valence-corrected chi connectivity index (χ2v) is 5.97. The Hall–Kier alpha value is -2.73. The Morgan fingerprint density at radius 3 is 2.50 bits per heavy atom. The molecule has 7 heteroatoms. The number of nitrogens with zero attached hydrogens (tertiary/aromatic N) is 2. The molecule has 0 aliphatic carbocycles. The normalized spacial score (nSPS) is 17.1. The van der Waals surface area contributed by atoms with E-state index < -0.39 is 10.8 Å². The zero-order chi connectivity index (χ0) is 17.3. The first kappa shape index (κ1) is 16.1. The molecule has 0 bridgehead atoms. The maximum Gasteiger partial charge on any atom is 0.282 e. The number of halogens is 1. The van der Waals surface area contributed by atoms with E-state index in [1.165, 1.54) is 24.3 Å². The van der Waals surface area contributed by atoms with Gasteiger partial charge in [-0.15, -0.1) is 0 Å². The van der Waals surface area contributed by atoms with Crippen LogP contribution >= 0.6 is 11.6 Å². The van der Waals surface area contributed by atoms with Crippen molar-refractivity contribution in [2.75, 3.05) is 6.54 Å². The maximum atomic E-state index is 12.6. The molecular weight excluding hydrogens is 332 g/mol. The molecule has 1 heterocycles. The molecule has 2 aromatic rings. The highest BCUT2D eigenvalue weighted by molar-refractivity contribution is 6.30. The van der Waals surface area contributed by atoms with Gasteiger partial charge in [-0.05, 0) is 23.8 Å². The lowest BCUT2D eigenvalue weighted by atomic mass is 9.98. The minimum atomic E-state index is -0.635. The van der Waals surface area contributed by atoms with Crippen LogP contribution < -0.4 is 0 Å². The molecule has 1 fully saturated rings. The van der Waals surface area contributed by atoms with Gasteiger partial charge in [0.2, 0.25) is 5.91 Å². The van der Waals surface area contributed by atoms with Crippen molar-refractivity contribution < 1.29 is 14.5 Å². The Morgan fingerprint density at radius 2 is 1.83 bits per heavy atom. The van der Waals surface area contributed by atoms with Crippen molar-refractivity contribution in [1.29, 1.82) is 0 Å². The number of likely N-dealkylation sites (tertiary alicyclic amines) is 1. The smallest absolute Gasteiger partial charge is 0.278 e. The van der Waals surface area contributed by atoms with Gasteiger partial charge in [-0.2, -0.15) is 0 Å². The zero-order valence-corrected chi connectivity index (χ0v) is 13.3. The molecule has 24 heavy (non-hydrogen) atoms. The summed E-state index contributed by atoms with van der Waals surface area (Å²) >= 11 is 5.86. The summed E-state index contributed by atoms with van der Waals surface area (Å²) in [6.07, 6.45) is 0.188. The minimum absolute atomic E-state index is 0.0763. The van der Waals surface area contributed by atoms with Crippen LogP contribution in [0.3, 0.4) is 0 Å². The fourth-order valence-electron chi connectivity index (χ4n) is 2.82. The summed E-state index contributed by atoms with van der Waals surface area (Å²) in [5.41, 5.74) is 0.531. The molecule has 2 amide bonds. The van der Waals surface area contributed by atoms with Gasteiger partial charge in [-0.25, -0.2) is 0 Å². The molecule has 1 aliphatic heterocycles. The van der Waals surface area contributed by atoms with Crippen molar-refractivity contribution in [3.63, 3.8) is 0 Å². The summed E-state index contributed by atoms with van der Waals surface area (Å²) in [4.78, 5) is 36.4. The van der Waals surface area contributed by atoms with E-state index >= 15 is 0 Å². The summed E-state index contributed by atoms with van der Waals surface area (Å²) in [5.74, 6) is -1.11.